The predicted octanol–water partition coefficient (Wildman–Crippen LogP) is 3.90. The maximum absolute atomic E-state index is 4.50. The second kappa shape index (κ2) is 6.33. The van der Waals surface area contributed by atoms with E-state index in [2.05, 4.69) is 55.5 Å². The maximum Gasteiger partial charge on any atom is 0.0934 e. The first-order valence-electron chi connectivity index (χ1n) is 6.89. The van der Waals surface area contributed by atoms with Gasteiger partial charge in [-0.05, 0) is 42.8 Å². The summed E-state index contributed by atoms with van der Waals surface area (Å²) in [6, 6.07) is 14.8. The number of hydrogen-bond donors (Lipinski definition) is 1. The van der Waals surface area contributed by atoms with Gasteiger partial charge in [-0.2, -0.15) is 0 Å². The highest BCUT2D eigenvalue weighted by Crippen LogP contribution is 2.25. The van der Waals surface area contributed by atoms with E-state index < -0.39 is 0 Å². The van der Waals surface area contributed by atoms with Crippen LogP contribution in [0, 0.1) is 0 Å². The van der Waals surface area contributed by atoms with Gasteiger partial charge in [-0.15, -0.1) is 0 Å². The third-order valence-electron chi connectivity index (χ3n) is 3.58. The number of likely N-dealkylation sites (N-methyl/N-ethyl adjacent to an activating group) is 1. The molecule has 0 radical (unpaired) electrons. The quantitative estimate of drug-likeness (QED) is 0.782. The molecule has 0 amide bonds. The Balaban J connectivity index is 1.98. The molecule has 1 heterocycles. The Labute approximate surface area is 132 Å². The fourth-order valence-electron chi connectivity index (χ4n) is 2.56. The third-order valence-corrected chi connectivity index (χ3v) is 4.08. The van der Waals surface area contributed by atoms with Crippen molar-refractivity contribution in [2.75, 3.05) is 7.05 Å². The molecule has 1 N–H and O–H groups in total. The number of nitrogens with zero attached hydrogens (tertiary/aromatic N) is 2. The zero-order chi connectivity index (χ0) is 14.7. The van der Waals surface area contributed by atoms with Gasteiger partial charge < -0.3 is 5.32 Å². The van der Waals surface area contributed by atoms with Crippen molar-refractivity contribution in [3.05, 3.63) is 70.5 Å². The minimum Gasteiger partial charge on any atom is -0.313 e. The van der Waals surface area contributed by atoms with Crippen LogP contribution in [0.1, 0.15) is 17.2 Å². The molecule has 2 aromatic carbocycles. The second-order valence-corrected chi connectivity index (χ2v) is 5.86. The molecule has 0 aliphatic carbocycles. The number of para-hydroxylation sites is 1. The number of benzene rings is 2. The lowest BCUT2D eigenvalue weighted by molar-refractivity contribution is 0.595. The lowest BCUT2D eigenvalue weighted by Gasteiger charge is -2.18. The van der Waals surface area contributed by atoms with Crippen LogP contribution in [-0.4, -0.2) is 17.0 Å². The average molecular weight is 342 g/mol. The zero-order valence-corrected chi connectivity index (χ0v) is 13.3. The van der Waals surface area contributed by atoms with Gasteiger partial charge in [0, 0.05) is 22.9 Å². The number of rotatable bonds is 4. The summed E-state index contributed by atoms with van der Waals surface area (Å²) in [5, 5.41) is 3.40. The Hall–Kier alpha value is -1.78. The van der Waals surface area contributed by atoms with Gasteiger partial charge in [0.2, 0.25) is 0 Å². The molecular formula is C17H16BrN3. The van der Waals surface area contributed by atoms with E-state index in [4.69, 9.17) is 0 Å². The largest absolute Gasteiger partial charge is 0.313 e. The summed E-state index contributed by atoms with van der Waals surface area (Å²) < 4.78 is 1.10. The van der Waals surface area contributed by atoms with Crippen molar-refractivity contribution in [3.8, 4) is 0 Å². The number of aromatic nitrogens is 2. The number of fused-ring (bicyclic) bond motifs is 1. The fourth-order valence-corrected chi connectivity index (χ4v) is 3.01. The van der Waals surface area contributed by atoms with Crippen molar-refractivity contribution >= 4 is 27.0 Å². The van der Waals surface area contributed by atoms with Crippen LogP contribution in [0.25, 0.3) is 11.0 Å². The molecule has 0 spiro atoms. The predicted molar refractivity (Wildman–Crippen MR) is 89.2 cm³/mol. The van der Waals surface area contributed by atoms with E-state index in [0.29, 0.717) is 0 Å². The van der Waals surface area contributed by atoms with Crippen LogP contribution in [0.5, 0.6) is 0 Å². The smallest absolute Gasteiger partial charge is 0.0934 e. The van der Waals surface area contributed by atoms with Gasteiger partial charge in [-0.25, -0.2) is 0 Å². The van der Waals surface area contributed by atoms with Gasteiger partial charge in [0.1, 0.15) is 0 Å². The molecule has 0 fully saturated rings. The Kier molecular flexibility index (Phi) is 4.27. The van der Waals surface area contributed by atoms with Crippen LogP contribution in [0.2, 0.25) is 0 Å². The molecule has 0 bridgehead atoms. The molecule has 1 unspecified atom stereocenters. The highest BCUT2D eigenvalue weighted by molar-refractivity contribution is 9.10. The van der Waals surface area contributed by atoms with Crippen molar-refractivity contribution in [1.82, 2.24) is 15.3 Å². The zero-order valence-electron chi connectivity index (χ0n) is 11.8. The molecule has 0 saturated carbocycles. The minimum atomic E-state index is 0.208. The summed E-state index contributed by atoms with van der Waals surface area (Å²) in [5.41, 5.74) is 4.37. The summed E-state index contributed by atoms with van der Waals surface area (Å²) in [6.07, 6.45) is 4.39. The summed E-state index contributed by atoms with van der Waals surface area (Å²) >= 11 is 3.53. The van der Waals surface area contributed by atoms with E-state index in [-0.39, 0.29) is 6.04 Å². The SMILES string of the molecule is CNC(Cc1cccc(Br)c1)c1cccc2nccnc12. The molecule has 3 rings (SSSR count). The van der Waals surface area contributed by atoms with Crippen LogP contribution in [0.15, 0.2) is 59.3 Å². The number of nitrogens with one attached hydrogen (secondary N) is 1. The molecule has 0 aliphatic rings. The van der Waals surface area contributed by atoms with Crippen LogP contribution in [-0.2, 0) is 6.42 Å². The molecule has 4 heteroatoms. The monoisotopic (exact) mass is 341 g/mol. The lowest BCUT2D eigenvalue weighted by Crippen LogP contribution is -2.19. The molecule has 1 aromatic heterocycles. The Morgan fingerprint density at radius 1 is 1.10 bits per heavy atom. The number of hydrogen-bond acceptors (Lipinski definition) is 3. The van der Waals surface area contributed by atoms with Crippen LogP contribution in [0.3, 0.4) is 0 Å². The lowest BCUT2D eigenvalue weighted by atomic mass is 9.97. The topological polar surface area (TPSA) is 37.8 Å². The Bertz CT molecular complexity index is 752. The highest BCUT2D eigenvalue weighted by atomic mass is 79.9. The summed E-state index contributed by atoms with van der Waals surface area (Å²) in [7, 11) is 1.98. The fraction of sp³-hybridized carbons (Fsp3) is 0.176. The van der Waals surface area contributed by atoms with Gasteiger partial charge in [-0.1, -0.05) is 40.2 Å². The van der Waals surface area contributed by atoms with E-state index in [1.807, 2.05) is 25.2 Å². The highest BCUT2D eigenvalue weighted by Gasteiger charge is 2.14. The minimum absolute atomic E-state index is 0.208. The van der Waals surface area contributed by atoms with E-state index in [0.717, 1.165) is 21.9 Å². The van der Waals surface area contributed by atoms with Gasteiger partial charge in [-0.3, -0.25) is 9.97 Å². The van der Waals surface area contributed by atoms with Crippen LogP contribution in [0.4, 0.5) is 0 Å². The molecule has 106 valence electrons. The van der Waals surface area contributed by atoms with Gasteiger partial charge in [0.25, 0.3) is 0 Å². The van der Waals surface area contributed by atoms with Crippen molar-refractivity contribution in [1.29, 1.82) is 0 Å². The molecule has 21 heavy (non-hydrogen) atoms. The summed E-state index contributed by atoms with van der Waals surface area (Å²) in [4.78, 5) is 8.88. The molecule has 0 saturated heterocycles. The van der Waals surface area contributed by atoms with E-state index in [1.54, 1.807) is 12.4 Å². The van der Waals surface area contributed by atoms with E-state index in [1.165, 1.54) is 11.1 Å². The van der Waals surface area contributed by atoms with Crippen molar-refractivity contribution < 1.29 is 0 Å². The second-order valence-electron chi connectivity index (χ2n) is 4.95. The molecular weight excluding hydrogens is 326 g/mol. The number of halogens is 1. The normalized spacial score (nSPS) is 12.5. The van der Waals surface area contributed by atoms with Crippen molar-refractivity contribution in [2.45, 2.75) is 12.5 Å². The summed E-state index contributed by atoms with van der Waals surface area (Å²) in [5.74, 6) is 0. The van der Waals surface area contributed by atoms with E-state index in [9.17, 15) is 0 Å². The van der Waals surface area contributed by atoms with Crippen molar-refractivity contribution in [3.63, 3.8) is 0 Å². The first-order chi connectivity index (χ1) is 10.3. The van der Waals surface area contributed by atoms with Crippen LogP contribution < -0.4 is 5.32 Å². The average Bonchev–Trinajstić information content (AvgIpc) is 2.52. The standard InChI is InChI=1S/C17H16BrN3/c1-19-16(11-12-4-2-5-13(18)10-12)14-6-3-7-15-17(14)21-9-8-20-15/h2-10,16,19H,11H2,1H3. The van der Waals surface area contributed by atoms with Gasteiger partial charge >= 0.3 is 0 Å². The maximum atomic E-state index is 4.50. The molecule has 3 aromatic rings. The first-order valence-corrected chi connectivity index (χ1v) is 7.68. The molecule has 0 aliphatic heterocycles. The molecule has 3 nitrogen and oxygen atoms in total. The van der Waals surface area contributed by atoms with E-state index >= 15 is 0 Å². The summed E-state index contributed by atoms with van der Waals surface area (Å²) in [6.45, 7) is 0. The third kappa shape index (κ3) is 3.12. The van der Waals surface area contributed by atoms with Crippen LogP contribution >= 0.6 is 15.9 Å². The Morgan fingerprint density at radius 2 is 1.90 bits per heavy atom. The van der Waals surface area contributed by atoms with Gasteiger partial charge in [0.15, 0.2) is 0 Å². The first kappa shape index (κ1) is 14.2. The van der Waals surface area contributed by atoms with Gasteiger partial charge in [0.05, 0.1) is 11.0 Å². The van der Waals surface area contributed by atoms with Crippen molar-refractivity contribution in [2.24, 2.45) is 0 Å². The Morgan fingerprint density at radius 3 is 2.71 bits per heavy atom. The molecule has 1 atom stereocenters.